The molecule has 9 nitrogen and oxygen atoms in total. The number of carbonyl (C=O) groups excluding carboxylic acids is 4. The summed E-state index contributed by atoms with van der Waals surface area (Å²) < 4.78 is 0. The highest BCUT2D eigenvalue weighted by molar-refractivity contribution is 5.76. The van der Waals surface area contributed by atoms with Crippen LogP contribution in [0.2, 0.25) is 0 Å². The van der Waals surface area contributed by atoms with Gasteiger partial charge in [0.1, 0.15) is 0 Å². The van der Waals surface area contributed by atoms with Crippen LogP contribution in [0.25, 0.3) is 0 Å². The van der Waals surface area contributed by atoms with Crippen LogP contribution in [0.4, 0.5) is 0 Å². The van der Waals surface area contributed by atoms with Gasteiger partial charge >= 0.3 is 0 Å². The van der Waals surface area contributed by atoms with E-state index in [0.29, 0.717) is 4.90 Å². The number of carboxylic acids is 4. The molecule has 102 valence electrons. The van der Waals surface area contributed by atoms with Crippen LogP contribution in [-0.2, 0) is 19.2 Å². The van der Waals surface area contributed by atoms with Gasteiger partial charge in [-0.1, -0.05) is 0 Å². The minimum Gasteiger partial charge on any atom is -0.550 e. The Morgan fingerprint density at radius 1 is 0.833 bits per heavy atom. The fourth-order valence-electron chi connectivity index (χ4n) is 1.31. The number of carbonyl (C=O) groups is 4. The van der Waals surface area contributed by atoms with E-state index in [2.05, 4.69) is 0 Å². The molecule has 0 fully saturated rings. The smallest absolute Gasteiger partial charge is 0.0586 e. The van der Waals surface area contributed by atoms with Crippen molar-refractivity contribution in [3.63, 3.8) is 0 Å². The van der Waals surface area contributed by atoms with Gasteiger partial charge in [-0.2, -0.15) is 0 Å². The Kier molecular flexibility index (Phi) is 6.35. The minimum atomic E-state index is -1.79. The highest BCUT2D eigenvalue weighted by atomic mass is 16.4. The lowest BCUT2D eigenvalue weighted by atomic mass is 10.1. The van der Waals surface area contributed by atoms with Crippen molar-refractivity contribution in [1.29, 1.82) is 0 Å². The lowest BCUT2D eigenvalue weighted by molar-refractivity contribution is -0.318. The van der Waals surface area contributed by atoms with Gasteiger partial charge in [0.25, 0.3) is 0 Å². The van der Waals surface area contributed by atoms with Gasteiger partial charge in [-0.15, -0.1) is 0 Å². The molecule has 0 spiro atoms. The van der Waals surface area contributed by atoms with E-state index < -0.39 is 55.9 Å². The van der Waals surface area contributed by atoms with Gasteiger partial charge in [0.15, 0.2) is 0 Å². The largest absolute Gasteiger partial charge is 0.550 e. The minimum absolute atomic E-state index is 0.475. The van der Waals surface area contributed by atoms with Crippen molar-refractivity contribution in [3.05, 3.63) is 0 Å². The molecule has 0 radical (unpaired) electrons. The van der Waals surface area contributed by atoms with E-state index in [9.17, 15) is 39.6 Å². The molecular formula is C9H9NO8-4. The van der Waals surface area contributed by atoms with Gasteiger partial charge < -0.3 is 39.6 Å². The molecule has 9 heteroatoms. The number of hydrogen-bond acceptors (Lipinski definition) is 9. The standard InChI is InChI=1S/C9H13NO8/c11-6(12)2-1-5(9(17)18)10(3-7(13)14)4-8(15)16/h5H,1-4H2,(H,11,12)(H,13,14)(H,15,16)(H,17,18)/p-4/t5-/m0/s1. The molecule has 0 aliphatic heterocycles. The predicted molar refractivity (Wildman–Crippen MR) is 44.6 cm³/mol. The number of hydrogen-bond donors (Lipinski definition) is 0. The van der Waals surface area contributed by atoms with Crippen LogP contribution in [0.15, 0.2) is 0 Å². The Balaban J connectivity index is 4.83. The highest BCUT2D eigenvalue weighted by Crippen LogP contribution is 2.06. The van der Waals surface area contributed by atoms with E-state index in [1.807, 2.05) is 0 Å². The summed E-state index contributed by atoms with van der Waals surface area (Å²) in [4.78, 5) is 42.1. The lowest BCUT2D eigenvalue weighted by Crippen LogP contribution is -2.55. The zero-order valence-corrected chi connectivity index (χ0v) is 9.12. The highest BCUT2D eigenvalue weighted by Gasteiger charge is 2.19. The first kappa shape index (κ1) is 15.8. The van der Waals surface area contributed by atoms with Crippen molar-refractivity contribution in [2.24, 2.45) is 0 Å². The van der Waals surface area contributed by atoms with Crippen molar-refractivity contribution < 1.29 is 39.6 Å². The topological polar surface area (TPSA) is 164 Å². The summed E-state index contributed by atoms with van der Waals surface area (Å²) in [6.07, 6.45) is -1.24. The Hall–Kier alpha value is -2.16. The zero-order valence-electron chi connectivity index (χ0n) is 9.12. The SMILES string of the molecule is O=C([O-])CC[C@@H](C(=O)[O-])N(CC(=O)[O-])CC(=O)[O-]. The summed E-state index contributed by atoms with van der Waals surface area (Å²) in [5.41, 5.74) is 0. The molecule has 0 heterocycles. The van der Waals surface area contributed by atoms with E-state index in [4.69, 9.17) is 0 Å². The lowest BCUT2D eigenvalue weighted by Gasteiger charge is -2.33. The third-order valence-electron chi connectivity index (χ3n) is 2.00. The van der Waals surface area contributed by atoms with Crippen molar-refractivity contribution in [3.8, 4) is 0 Å². The molecule has 0 aromatic heterocycles. The first-order chi connectivity index (χ1) is 8.23. The number of carboxylic acid groups (broad SMARTS) is 4. The van der Waals surface area contributed by atoms with Crippen molar-refractivity contribution in [2.75, 3.05) is 13.1 Å². The molecule has 0 aliphatic rings. The average Bonchev–Trinajstić information content (AvgIpc) is 2.14. The van der Waals surface area contributed by atoms with Crippen LogP contribution >= 0.6 is 0 Å². The Morgan fingerprint density at radius 3 is 1.56 bits per heavy atom. The molecule has 0 unspecified atom stereocenters. The molecule has 0 N–H and O–H groups in total. The molecule has 0 bridgehead atoms. The summed E-state index contributed by atoms with van der Waals surface area (Å²) in [6.45, 7) is -2.00. The van der Waals surface area contributed by atoms with Crippen molar-refractivity contribution in [2.45, 2.75) is 18.9 Å². The number of rotatable bonds is 9. The maximum Gasteiger partial charge on any atom is 0.0586 e. The number of aliphatic carboxylic acids is 4. The molecule has 0 aromatic rings. The second-order valence-corrected chi connectivity index (χ2v) is 3.39. The first-order valence-electron chi connectivity index (χ1n) is 4.78. The Labute approximate surface area is 101 Å². The first-order valence-corrected chi connectivity index (χ1v) is 4.78. The van der Waals surface area contributed by atoms with E-state index in [0.717, 1.165) is 0 Å². The third-order valence-corrected chi connectivity index (χ3v) is 2.00. The van der Waals surface area contributed by atoms with E-state index in [-0.39, 0.29) is 0 Å². The van der Waals surface area contributed by atoms with Crippen LogP contribution in [0.5, 0.6) is 0 Å². The van der Waals surface area contributed by atoms with E-state index in [1.165, 1.54) is 0 Å². The summed E-state index contributed by atoms with van der Waals surface area (Å²) in [7, 11) is 0. The second-order valence-electron chi connectivity index (χ2n) is 3.39. The Bertz CT molecular complexity index is 336. The predicted octanol–water partition coefficient (Wildman–Crippen LogP) is -6.56. The molecule has 0 saturated carbocycles. The fraction of sp³-hybridized carbons (Fsp3) is 0.556. The molecule has 1 atom stereocenters. The summed E-state index contributed by atoms with van der Waals surface area (Å²) >= 11 is 0. The molecular weight excluding hydrogens is 250 g/mol. The van der Waals surface area contributed by atoms with E-state index in [1.54, 1.807) is 0 Å². The maximum atomic E-state index is 10.7. The third kappa shape index (κ3) is 6.43. The van der Waals surface area contributed by atoms with Gasteiger partial charge in [0.2, 0.25) is 0 Å². The van der Waals surface area contributed by atoms with Gasteiger partial charge in [-0.05, 0) is 12.8 Å². The molecule has 0 rings (SSSR count). The second kappa shape index (κ2) is 7.22. The summed E-state index contributed by atoms with van der Waals surface area (Å²) in [6, 6.07) is -1.70. The average molecular weight is 259 g/mol. The van der Waals surface area contributed by atoms with Crippen molar-refractivity contribution in [1.82, 2.24) is 4.90 Å². The fourth-order valence-corrected chi connectivity index (χ4v) is 1.31. The Morgan fingerprint density at radius 2 is 1.28 bits per heavy atom. The normalized spacial score (nSPS) is 12.1. The van der Waals surface area contributed by atoms with Crippen LogP contribution in [0.3, 0.4) is 0 Å². The van der Waals surface area contributed by atoms with Gasteiger partial charge in [0, 0.05) is 19.1 Å². The van der Waals surface area contributed by atoms with Crippen LogP contribution < -0.4 is 20.4 Å². The molecule has 0 saturated heterocycles. The van der Waals surface area contributed by atoms with Crippen LogP contribution in [0, 0.1) is 0 Å². The van der Waals surface area contributed by atoms with E-state index >= 15 is 0 Å². The quantitative estimate of drug-likeness (QED) is 0.391. The van der Waals surface area contributed by atoms with Crippen LogP contribution in [0.1, 0.15) is 12.8 Å². The molecule has 0 amide bonds. The number of nitrogens with zero attached hydrogens (tertiary/aromatic N) is 1. The van der Waals surface area contributed by atoms with Gasteiger partial charge in [0.05, 0.1) is 23.9 Å². The maximum absolute atomic E-state index is 10.7. The zero-order chi connectivity index (χ0) is 14.3. The molecule has 0 aromatic carbocycles. The van der Waals surface area contributed by atoms with Crippen molar-refractivity contribution >= 4 is 23.9 Å². The van der Waals surface area contributed by atoms with Gasteiger partial charge in [-0.3, -0.25) is 4.90 Å². The van der Waals surface area contributed by atoms with Crippen LogP contribution in [-0.4, -0.2) is 47.9 Å². The molecule has 18 heavy (non-hydrogen) atoms. The molecule has 0 aliphatic carbocycles. The summed E-state index contributed by atoms with van der Waals surface area (Å²) in [5, 5.41) is 41.6. The van der Waals surface area contributed by atoms with Gasteiger partial charge in [-0.25, -0.2) is 0 Å². The summed E-state index contributed by atoms with van der Waals surface area (Å²) in [5.74, 6) is -6.77. The monoisotopic (exact) mass is 259 g/mol.